The lowest BCUT2D eigenvalue weighted by molar-refractivity contribution is -0.118. The molecule has 5 rings (SSSR count). The molecule has 0 aromatic carbocycles. The molecule has 2 aliphatic rings. The molecule has 5 heterocycles. The van der Waals surface area contributed by atoms with Crippen molar-refractivity contribution < 1.29 is 27.8 Å². The van der Waals surface area contributed by atoms with E-state index >= 15 is 4.39 Å². The molecule has 0 saturated carbocycles. The Balaban J connectivity index is 1.21. The van der Waals surface area contributed by atoms with Crippen molar-refractivity contribution in [2.24, 2.45) is 0 Å². The fourth-order valence-electron chi connectivity index (χ4n) is 4.76. The number of hydrogen-bond acceptors (Lipinski definition) is 9. The van der Waals surface area contributed by atoms with E-state index in [0.29, 0.717) is 65.8 Å². The number of nitrogens with zero attached hydrogens (tertiary/aromatic N) is 4. The van der Waals surface area contributed by atoms with Gasteiger partial charge in [-0.15, -0.1) is 0 Å². The molecule has 0 radical (unpaired) electrons. The third-order valence-electron chi connectivity index (χ3n) is 6.66. The van der Waals surface area contributed by atoms with Crippen LogP contribution in [-0.2, 0) is 22.5 Å². The van der Waals surface area contributed by atoms with Crippen molar-refractivity contribution >= 4 is 22.8 Å². The van der Waals surface area contributed by atoms with Crippen LogP contribution in [0.4, 0.5) is 14.6 Å². The van der Waals surface area contributed by atoms with E-state index in [1.807, 2.05) is 4.90 Å². The van der Waals surface area contributed by atoms with E-state index in [1.54, 1.807) is 24.3 Å². The minimum absolute atomic E-state index is 0.0366. The number of amides is 1. The van der Waals surface area contributed by atoms with Crippen LogP contribution in [0.25, 0.3) is 11.0 Å². The molecule has 2 atom stereocenters. The number of aromatic nitrogens is 3. The molecule has 3 aromatic rings. The number of rotatable bonds is 9. The highest BCUT2D eigenvalue weighted by atomic mass is 19.1. The van der Waals surface area contributed by atoms with Crippen molar-refractivity contribution in [3.8, 4) is 11.6 Å². The molecule has 196 valence electrons. The SMILES string of the molecule is COc1ccc2ncc(F)c(CCN3CC(OC)C(F)(CNCc4ccc5c(n4)NC(=O)CO5)C3)c2n1. The van der Waals surface area contributed by atoms with Crippen molar-refractivity contribution in [1.29, 1.82) is 0 Å². The van der Waals surface area contributed by atoms with Gasteiger partial charge in [0.15, 0.2) is 23.8 Å². The van der Waals surface area contributed by atoms with E-state index in [1.165, 1.54) is 20.4 Å². The average molecular weight is 515 g/mol. The summed E-state index contributed by atoms with van der Waals surface area (Å²) in [6.45, 7) is 1.21. The highest BCUT2D eigenvalue weighted by Gasteiger charge is 2.47. The van der Waals surface area contributed by atoms with Gasteiger partial charge in [-0.1, -0.05) is 0 Å². The van der Waals surface area contributed by atoms with Gasteiger partial charge in [0.25, 0.3) is 5.91 Å². The smallest absolute Gasteiger partial charge is 0.263 e. The van der Waals surface area contributed by atoms with E-state index in [2.05, 4.69) is 25.6 Å². The monoisotopic (exact) mass is 514 g/mol. The number of methoxy groups -OCH3 is 2. The summed E-state index contributed by atoms with van der Waals surface area (Å²) in [4.78, 5) is 26.3. The third kappa shape index (κ3) is 5.31. The van der Waals surface area contributed by atoms with Crippen LogP contribution in [0.15, 0.2) is 30.5 Å². The van der Waals surface area contributed by atoms with Crippen LogP contribution < -0.4 is 20.1 Å². The zero-order valence-electron chi connectivity index (χ0n) is 20.6. The summed E-state index contributed by atoms with van der Waals surface area (Å²) in [6, 6.07) is 6.90. The van der Waals surface area contributed by atoms with Crippen LogP contribution in [0.5, 0.6) is 11.6 Å². The van der Waals surface area contributed by atoms with Gasteiger partial charge in [-0.2, -0.15) is 0 Å². The summed E-state index contributed by atoms with van der Waals surface area (Å²) in [5.41, 5.74) is 0.413. The van der Waals surface area contributed by atoms with Crippen LogP contribution in [0.3, 0.4) is 0 Å². The third-order valence-corrected chi connectivity index (χ3v) is 6.66. The molecule has 0 aliphatic carbocycles. The molecular weight excluding hydrogens is 486 g/mol. The first-order chi connectivity index (χ1) is 17.9. The molecule has 1 amide bonds. The molecule has 37 heavy (non-hydrogen) atoms. The molecule has 0 bridgehead atoms. The van der Waals surface area contributed by atoms with E-state index in [4.69, 9.17) is 14.2 Å². The number of anilines is 1. The number of hydrogen-bond donors (Lipinski definition) is 2. The maximum atomic E-state index is 16.0. The summed E-state index contributed by atoms with van der Waals surface area (Å²) in [6.07, 6.45) is 0.864. The lowest BCUT2D eigenvalue weighted by atomic mass is 10.0. The Hall–Kier alpha value is -3.48. The lowest BCUT2D eigenvalue weighted by Crippen LogP contribution is -2.47. The maximum absolute atomic E-state index is 16.0. The van der Waals surface area contributed by atoms with Crippen LogP contribution in [0.2, 0.25) is 0 Å². The number of nitrogens with one attached hydrogen (secondary N) is 2. The number of ether oxygens (including phenoxy) is 3. The van der Waals surface area contributed by atoms with E-state index in [0.717, 1.165) is 0 Å². The number of likely N-dealkylation sites (tertiary alicyclic amines) is 1. The summed E-state index contributed by atoms with van der Waals surface area (Å²) < 4.78 is 46.6. The van der Waals surface area contributed by atoms with E-state index in [9.17, 15) is 9.18 Å². The minimum atomic E-state index is -1.65. The first-order valence-electron chi connectivity index (χ1n) is 11.9. The second kappa shape index (κ2) is 10.5. The molecule has 1 saturated heterocycles. The lowest BCUT2D eigenvalue weighted by Gasteiger charge is -2.26. The maximum Gasteiger partial charge on any atom is 0.263 e. The van der Waals surface area contributed by atoms with E-state index in [-0.39, 0.29) is 25.6 Å². The van der Waals surface area contributed by atoms with Gasteiger partial charge in [0.2, 0.25) is 5.88 Å². The Labute approximate surface area is 212 Å². The Morgan fingerprint density at radius 2 is 2.14 bits per heavy atom. The highest BCUT2D eigenvalue weighted by Crippen LogP contribution is 2.30. The van der Waals surface area contributed by atoms with Crippen molar-refractivity contribution in [2.45, 2.75) is 24.7 Å². The predicted octanol–water partition coefficient (Wildman–Crippen LogP) is 1.87. The Morgan fingerprint density at radius 1 is 1.27 bits per heavy atom. The fourth-order valence-corrected chi connectivity index (χ4v) is 4.76. The van der Waals surface area contributed by atoms with Gasteiger partial charge in [-0.25, -0.2) is 18.7 Å². The average Bonchev–Trinajstić information content (AvgIpc) is 3.22. The van der Waals surface area contributed by atoms with Crippen molar-refractivity contribution in [3.63, 3.8) is 0 Å². The van der Waals surface area contributed by atoms with Crippen molar-refractivity contribution in [3.05, 3.63) is 47.5 Å². The number of halogens is 2. The standard InChI is InChI=1S/C25H28F2N6O4/c1-35-20-11-33(8-7-16-17(26)10-29-18-4-6-22(36-2)32-23(16)18)14-25(20,27)13-28-9-15-3-5-19-24(30-15)31-21(34)12-37-19/h3-6,10,20,28H,7-9,11-14H2,1-2H3,(H,30,31,34). The van der Waals surface area contributed by atoms with Crippen molar-refractivity contribution in [2.75, 3.05) is 52.3 Å². The van der Waals surface area contributed by atoms with Crippen LogP contribution >= 0.6 is 0 Å². The summed E-state index contributed by atoms with van der Waals surface area (Å²) in [5.74, 6) is 0.511. The zero-order chi connectivity index (χ0) is 26.0. The van der Waals surface area contributed by atoms with Gasteiger partial charge in [0, 0.05) is 51.5 Å². The van der Waals surface area contributed by atoms with Gasteiger partial charge in [0.1, 0.15) is 11.9 Å². The number of pyridine rings is 3. The first-order valence-corrected chi connectivity index (χ1v) is 11.9. The van der Waals surface area contributed by atoms with Crippen LogP contribution in [0, 0.1) is 5.82 Å². The van der Waals surface area contributed by atoms with Crippen LogP contribution in [-0.4, -0.2) is 84.5 Å². The molecule has 2 unspecified atom stereocenters. The summed E-state index contributed by atoms with van der Waals surface area (Å²) in [7, 11) is 2.99. The zero-order valence-corrected chi connectivity index (χ0v) is 20.6. The number of alkyl halides is 1. The quantitative estimate of drug-likeness (QED) is 0.442. The molecular formula is C25H28F2N6O4. The van der Waals surface area contributed by atoms with Gasteiger partial charge >= 0.3 is 0 Å². The summed E-state index contributed by atoms with van der Waals surface area (Å²) >= 11 is 0. The molecule has 2 aliphatic heterocycles. The molecule has 2 N–H and O–H groups in total. The predicted molar refractivity (Wildman–Crippen MR) is 131 cm³/mol. The second-order valence-corrected chi connectivity index (χ2v) is 9.14. The molecule has 0 spiro atoms. The van der Waals surface area contributed by atoms with Crippen molar-refractivity contribution in [1.82, 2.24) is 25.2 Å². The number of carbonyl (C=O) groups excluding carboxylic acids is 1. The fraction of sp³-hybridized carbons (Fsp3) is 0.440. The molecule has 1 fully saturated rings. The van der Waals surface area contributed by atoms with Crippen LogP contribution in [0.1, 0.15) is 11.3 Å². The molecule has 12 heteroatoms. The highest BCUT2D eigenvalue weighted by molar-refractivity contribution is 5.94. The normalized spacial score (nSPS) is 21.5. The van der Waals surface area contributed by atoms with Gasteiger partial charge in [0.05, 0.1) is 30.0 Å². The van der Waals surface area contributed by atoms with Gasteiger partial charge < -0.3 is 24.8 Å². The Kier molecular flexibility index (Phi) is 7.13. The number of fused-ring (bicyclic) bond motifs is 2. The minimum Gasteiger partial charge on any atom is -0.481 e. The van der Waals surface area contributed by atoms with Gasteiger partial charge in [-0.05, 0) is 24.6 Å². The second-order valence-electron chi connectivity index (χ2n) is 9.14. The molecule has 10 nitrogen and oxygen atoms in total. The summed E-state index contributed by atoms with van der Waals surface area (Å²) in [5, 5.41) is 5.78. The first kappa shape index (κ1) is 25.2. The topological polar surface area (TPSA) is 111 Å². The van der Waals surface area contributed by atoms with Gasteiger partial charge in [-0.3, -0.25) is 14.7 Å². The Morgan fingerprint density at radius 3 is 2.95 bits per heavy atom. The molecule has 3 aromatic heterocycles. The number of carbonyl (C=O) groups is 1. The Bertz CT molecular complexity index is 1310. The largest absolute Gasteiger partial charge is 0.481 e. The van der Waals surface area contributed by atoms with E-state index < -0.39 is 17.6 Å².